The first-order valence-corrected chi connectivity index (χ1v) is 5.93. The summed E-state index contributed by atoms with van der Waals surface area (Å²) in [4.78, 5) is 0. The van der Waals surface area contributed by atoms with Gasteiger partial charge in [0.1, 0.15) is 0 Å². The predicted octanol–water partition coefficient (Wildman–Crippen LogP) is 2.83. The van der Waals surface area contributed by atoms with Gasteiger partial charge >= 0.3 is 0 Å². The van der Waals surface area contributed by atoms with Crippen molar-refractivity contribution in [3.63, 3.8) is 0 Å². The van der Waals surface area contributed by atoms with E-state index in [-0.39, 0.29) is 0 Å². The zero-order chi connectivity index (χ0) is 9.26. The molecule has 0 aromatic rings. The molecule has 0 aliphatic heterocycles. The molecule has 0 unspecified atom stereocenters. The maximum Gasteiger partial charge on any atom is 0.0462 e. The third-order valence-electron chi connectivity index (χ3n) is 4.28. The largest absolute Gasteiger partial charge is 0.396 e. The first kappa shape index (κ1) is 9.51. The average Bonchev–Trinajstić information content (AvgIpc) is 2.97. The van der Waals surface area contributed by atoms with Crippen LogP contribution in [0, 0.1) is 23.7 Å². The molecule has 13 heavy (non-hydrogen) atoms. The molecule has 76 valence electrons. The smallest absolute Gasteiger partial charge is 0.0462 e. The van der Waals surface area contributed by atoms with Crippen molar-refractivity contribution in [2.45, 2.75) is 45.4 Å². The second-order valence-electron chi connectivity index (χ2n) is 5.10. The topological polar surface area (TPSA) is 20.2 Å². The first-order valence-electron chi connectivity index (χ1n) is 5.93. The molecule has 0 aromatic carbocycles. The Kier molecular flexibility index (Phi) is 2.92. The van der Waals surface area contributed by atoms with Crippen LogP contribution >= 0.6 is 0 Å². The van der Waals surface area contributed by atoms with E-state index < -0.39 is 0 Å². The Labute approximate surface area is 81.5 Å². The van der Waals surface area contributed by atoms with Crippen LogP contribution in [0.3, 0.4) is 0 Å². The molecule has 0 bridgehead atoms. The fraction of sp³-hybridized carbons (Fsp3) is 1.00. The molecule has 3 atom stereocenters. The average molecular weight is 182 g/mol. The van der Waals surface area contributed by atoms with Crippen LogP contribution in [0.15, 0.2) is 0 Å². The van der Waals surface area contributed by atoms with Gasteiger partial charge in [0.2, 0.25) is 0 Å². The van der Waals surface area contributed by atoms with Gasteiger partial charge in [-0.1, -0.05) is 39.0 Å². The van der Waals surface area contributed by atoms with E-state index in [1.54, 1.807) is 0 Å². The summed E-state index contributed by atoms with van der Waals surface area (Å²) in [5, 5.41) is 9.02. The number of aliphatic hydroxyl groups excluding tert-OH is 1. The lowest BCUT2D eigenvalue weighted by Crippen LogP contribution is -2.18. The van der Waals surface area contributed by atoms with Crippen LogP contribution in [0.2, 0.25) is 0 Å². The molecule has 0 radical (unpaired) electrons. The van der Waals surface area contributed by atoms with Gasteiger partial charge in [0, 0.05) is 6.61 Å². The van der Waals surface area contributed by atoms with Crippen molar-refractivity contribution in [2.75, 3.05) is 6.61 Å². The normalized spacial score (nSPS) is 37.4. The summed E-state index contributed by atoms with van der Waals surface area (Å²) < 4.78 is 0. The maximum absolute atomic E-state index is 9.02. The van der Waals surface area contributed by atoms with E-state index in [1.807, 2.05) is 0 Å². The fourth-order valence-electron chi connectivity index (χ4n) is 3.13. The minimum atomic E-state index is 0.432. The number of hydrogen-bond acceptors (Lipinski definition) is 1. The van der Waals surface area contributed by atoms with Crippen LogP contribution in [0.4, 0.5) is 0 Å². The highest BCUT2D eigenvalue weighted by Gasteiger charge is 2.42. The van der Waals surface area contributed by atoms with Crippen LogP contribution in [0.1, 0.15) is 45.4 Å². The van der Waals surface area contributed by atoms with E-state index in [9.17, 15) is 0 Å². The lowest BCUT2D eigenvalue weighted by atomic mass is 9.78. The third-order valence-corrected chi connectivity index (χ3v) is 4.28. The Morgan fingerprint density at radius 1 is 1.23 bits per heavy atom. The van der Waals surface area contributed by atoms with E-state index >= 15 is 0 Å². The standard InChI is InChI=1S/C12H22O/c1-9(12-7-11(12)8-13)10-5-3-2-4-6-10/h9-13H,2-8H2,1H3/t9-,11+,12-/m0/s1. The zero-order valence-corrected chi connectivity index (χ0v) is 8.71. The van der Waals surface area contributed by atoms with Crippen LogP contribution < -0.4 is 0 Å². The Morgan fingerprint density at radius 3 is 2.46 bits per heavy atom. The summed E-state index contributed by atoms with van der Waals surface area (Å²) >= 11 is 0. The number of rotatable bonds is 3. The van der Waals surface area contributed by atoms with Crippen molar-refractivity contribution in [3.05, 3.63) is 0 Å². The Bertz CT molecular complexity index is 161. The second-order valence-corrected chi connectivity index (χ2v) is 5.10. The highest BCUT2D eigenvalue weighted by atomic mass is 16.3. The Hall–Kier alpha value is -0.0400. The molecule has 0 spiro atoms. The maximum atomic E-state index is 9.02. The van der Waals surface area contributed by atoms with Crippen molar-refractivity contribution in [3.8, 4) is 0 Å². The molecule has 2 fully saturated rings. The van der Waals surface area contributed by atoms with Gasteiger partial charge in [0.05, 0.1) is 0 Å². The molecule has 0 saturated heterocycles. The van der Waals surface area contributed by atoms with Gasteiger partial charge in [0.15, 0.2) is 0 Å². The van der Waals surface area contributed by atoms with E-state index in [4.69, 9.17) is 5.11 Å². The lowest BCUT2D eigenvalue weighted by Gasteiger charge is -2.27. The minimum absolute atomic E-state index is 0.432. The molecule has 2 saturated carbocycles. The molecule has 2 aliphatic carbocycles. The van der Waals surface area contributed by atoms with Gasteiger partial charge in [0.25, 0.3) is 0 Å². The molecular weight excluding hydrogens is 160 g/mol. The van der Waals surface area contributed by atoms with E-state index in [2.05, 4.69) is 6.92 Å². The number of aliphatic hydroxyl groups is 1. The number of hydrogen-bond donors (Lipinski definition) is 1. The highest BCUT2D eigenvalue weighted by Crippen LogP contribution is 2.49. The Balaban J connectivity index is 1.79. The van der Waals surface area contributed by atoms with Crippen molar-refractivity contribution >= 4 is 0 Å². The summed E-state index contributed by atoms with van der Waals surface area (Å²) in [6, 6.07) is 0. The molecule has 0 aromatic heterocycles. The van der Waals surface area contributed by atoms with Gasteiger partial charge < -0.3 is 5.11 Å². The van der Waals surface area contributed by atoms with Gasteiger partial charge in [-0.05, 0) is 30.1 Å². The molecule has 2 rings (SSSR count). The summed E-state index contributed by atoms with van der Waals surface area (Å²) in [6.45, 7) is 2.85. The molecule has 1 heteroatoms. The van der Waals surface area contributed by atoms with Gasteiger partial charge in [-0.25, -0.2) is 0 Å². The Morgan fingerprint density at radius 2 is 1.92 bits per heavy atom. The summed E-state index contributed by atoms with van der Waals surface area (Å²) in [7, 11) is 0. The molecule has 1 N–H and O–H groups in total. The molecule has 1 nitrogen and oxygen atoms in total. The third kappa shape index (κ3) is 2.07. The molecule has 0 heterocycles. The summed E-state index contributed by atoms with van der Waals surface area (Å²) in [5.41, 5.74) is 0. The fourth-order valence-corrected chi connectivity index (χ4v) is 3.13. The lowest BCUT2D eigenvalue weighted by molar-refractivity contribution is 0.211. The summed E-state index contributed by atoms with van der Waals surface area (Å²) in [6.07, 6.45) is 8.56. The molecular formula is C12H22O. The molecule has 0 amide bonds. The van der Waals surface area contributed by atoms with Crippen LogP contribution in [-0.4, -0.2) is 11.7 Å². The van der Waals surface area contributed by atoms with Crippen molar-refractivity contribution < 1.29 is 5.11 Å². The minimum Gasteiger partial charge on any atom is -0.396 e. The van der Waals surface area contributed by atoms with Crippen LogP contribution in [-0.2, 0) is 0 Å². The highest BCUT2D eigenvalue weighted by molar-refractivity contribution is 4.92. The van der Waals surface area contributed by atoms with Crippen LogP contribution in [0.5, 0.6) is 0 Å². The second kappa shape index (κ2) is 4.00. The van der Waals surface area contributed by atoms with Crippen molar-refractivity contribution in [1.29, 1.82) is 0 Å². The van der Waals surface area contributed by atoms with Crippen molar-refractivity contribution in [2.24, 2.45) is 23.7 Å². The van der Waals surface area contributed by atoms with Crippen molar-refractivity contribution in [1.82, 2.24) is 0 Å². The van der Waals surface area contributed by atoms with Crippen LogP contribution in [0.25, 0.3) is 0 Å². The summed E-state index contributed by atoms with van der Waals surface area (Å²) in [5.74, 6) is 3.40. The van der Waals surface area contributed by atoms with E-state index in [0.29, 0.717) is 12.5 Å². The van der Waals surface area contributed by atoms with E-state index in [1.165, 1.54) is 38.5 Å². The van der Waals surface area contributed by atoms with Gasteiger partial charge in [-0.15, -0.1) is 0 Å². The van der Waals surface area contributed by atoms with E-state index in [0.717, 1.165) is 17.8 Å². The van der Waals surface area contributed by atoms with Gasteiger partial charge in [-0.2, -0.15) is 0 Å². The zero-order valence-electron chi connectivity index (χ0n) is 8.71. The first-order chi connectivity index (χ1) is 6.33. The molecule has 2 aliphatic rings. The monoisotopic (exact) mass is 182 g/mol. The SMILES string of the molecule is C[C@@H](C1CCCCC1)[C@@H]1C[C@@H]1CO. The quantitative estimate of drug-likeness (QED) is 0.711. The van der Waals surface area contributed by atoms with Gasteiger partial charge in [-0.3, -0.25) is 0 Å². The predicted molar refractivity (Wildman–Crippen MR) is 54.4 cm³/mol.